The second-order valence-corrected chi connectivity index (χ2v) is 3.76. The molecule has 1 saturated heterocycles. The molecule has 1 rings (SSSR count). The number of piperidine rings is 1. The van der Waals surface area contributed by atoms with Gasteiger partial charge in [-0.2, -0.15) is 0 Å². The minimum Gasteiger partial charge on any atom is -0.395 e. The monoisotopic (exact) mass is 208 g/mol. The highest BCUT2D eigenvalue weighted by Crippen LogP contribution is 2.13. The van der Waals surface area contributed by atoms with Crippen LogP contribution in [0.1, 0.15) is 12.8 Å². The van der Waals surface area contributed by atoms with Gasteiger partial charge >= 0.3 is 0 Å². The predicted octanol–water partition coefficient (Wildman–Crippen LogP) is 0.426. The number of hydrogen-bond acceptors (Lipinski definition) is 3. The normalized spacial score (nSPS) is 20.3. The molecule has 0 aromatic carbocycles. The molecule has 1 fully saturated rings. The molecule has 1 aliphatic heterocycles. The minimum atomic E-state index is 0. The standard InChI is InChI=1S/C9H20N2O.ClH/c1-10(2)9-3-5-11(6-4-9)7-8-12;/h9,12H,3-8H2,1-2H3;1H. The van der Waals surface area contributed by atoms with Gasteiger partial charge in [0.1, 0.15) is 0 Å². The lowest BCUT2D eigenvalue weighted by Gasteiger charge is -2.34. The molecule has 1 heterocycles. The lowest BCUT2D eigenvalue weighted by atomic mass is 10.0. The molecule has 0 aliphatic carbocycles. The van der Waals surface area contributed by atoms with E-state index in [-0.39, 0.29) is 12.4 Å². The van der Waals surface area contributed by atoms with Gasteiger partial charge in [0.15, 0.2) is 0 Å². The van der Waals surface area contributed by atoms with E-state index in [0.717, 1.165) is 25.7 Å². The maximum absolute atomic E-state index is 8.74. The van der Waals surface area contributed by atoms with Crippen LogP contribution >= 0.6 is 12.4 Å². The van der Waals surface area contributed by atoms with Crippen LogP contribution in [0.15, 0.2) is 0 Å². The molecule has 0 saturated carbocycles. The quantitative estimate of drug-likeness (QED) is 0.729. The topological polar surface area (TPSA) is 26.7 Å². The SMILES string of the molecule is CN(C)C1CCN(CCO)CC1.Cl. The van der Waals surface area contributed by atoms with Crippen LogP contribution in [0.2, 0.25) is 0 Å². The van der Waals surface area contributed by atoms with Gasteiger partial charge in [0.25, 0.3) is 0 Å². The smallest absolute Gasteiger partial charge is 0.0558 e. The van der Waals surface area contributed by atoms with Gasteiger partial charge in [-0.25, -0.2) is 0 Å². The lowest BCUT2D eigenvalue weighted by Crippen LogP contribution is -2.42. The Bertz CT molecular complexity index is 125. The molecule has 80 valence electrons. The van der Waals surface area contributed by atoms with Crippen LogP contribution in [0.25, 0.3) is 0 Å². The van der Waals surface area contributed by atoms with Crippen molar-refractivity contribution in [1.29, 1.82) is 0 Å². The molecule has 0 amide bonds. The van der Waals surface area contributed by atoms with Crippen LogP contribution in [-0.4, -0.2) is 61.3 Å². The maximum Gasteiger partial charge on any atom is 0.0558 e. The average Bonchev–Trinajstić information content (AvgIpc) is 2.06. The highest BCUT2D eigenvalue weighted by molar-refractivity contribution is 5.85. The number of aliphatic hydroxyl groups excluding tert-OH is 1. The summed E-state index contributed by atoms with van der Waals surface area (Å²) in [6, 6.07) is 0.750. The van der Waals surface area contributed by atoms with Gasteiger partial charge in [0.05, 0.1) is 6.61 Å². The summed E-state index contributed by atoms with van der Waals surface area (Å²) in [6.07, 6.45) is 2.49. The summed E-state index contributed by atoms with van der Waals surface area (Å²) in [6.45, 7) is 3.43. The summed E-state index contributed by atoms with van der Waals surface area (Å²) in [5.41, 5.74) is 0. The van der Waals surface area contributed by atoms with Crippen LogP contribution in [-0.2, 0) is 0 Å². The second-order valence-electron chi connectivity index (χ2n) is 3.76. The van der Waals surface area contributed by atoms with Gasteiger partial charge in [-0.15, -0.1) is 12.4 Å². The molecule has 0 radical (unpaired) electrons. The number of aliphatic hydroxyl groups is 1. The second kappa shape index (κ2) is 6.60. The summed E-state index contributed by atoms with van der Waals surface area (Å²) in [7, 11) is 4.29. The van der Waals surface area contributed by atoms with Crippen molar-refractivity contribution in [2.75, 3.05) is 40.3 Å². The van der Waals surface area contributed by atoms with Crippen LogP contribution in [0.4, 0.5) is 0 Å². The summed E-state index contributed by atoms with van der Waals surface area (Å²) in [4.78, 5) is 4.64. The van der Waals surface area contributed by atoms with Crippen molar-refractivity contribution >= 4 is 12.4 Å². The van der Waals surface area contributed by atoms with Gasteiger partial charge in [0.2, 0.25) is 0 Å². The minimum absolute atomic E-state index is 0. The molecular weight excluding hydrogens is 188 g/mol. The summed E-state index contributed by atoms with van der Waals surface area (Å²) in [5.74, 6) is 0. The summed E-state index contributed by atoms with van der Waals surface area (Å²) < 4.78 is 0. The molecule has 0 atom stereocenters. The summed E-state index contributed by atoms with van der Waals surface area (Å²) >= 11 is 0. The van der Waals surface area contributed by atoms with Crippen LogP contribution in [0.5, 0.6) is 0 Å². The van der Waals surface area contributed by atoms with Crippen LogP contribution < -0.4 is 0 Å². The maximum atomic E-state index is 8.74. The van der Waals surface area contributed by atoms with E-state index < -0.39 is 0 Å². The first-order chi connectivity index (χ1) is 5.74. The largest absolute Gasteiger partial charge is 0.395 e. The van der Waals surface area contributed by atoms with E-state index in [1.54, 1.807) is 0 Å². The van der Waals surface area contributed by atoms with E-state index in [4.69, 9.17) is 5.11 Å². The van der Waals surface area contributed by atoms with Gasteiger partial charge in [-0.1, -0.05) is 0 Å². The van der Waals surface area contributed by atoms with Crippen molar-refractivity contribution in [2.24, 2.45) is 0 Å². The molecule has 0 aromatic heterocycles. The number of hydrogen-bond donors (Lipinski definition) is 1. The van der Waals surface area contributed by atoms with Crippen molar-refractivity contribution in [3.63, 3.8) is 0 Å². The molecule has 0 spiro atoms. The van der Waals surface area contributed by atoms with Crippen molar-refractivity contribution in [3.8, 4) is 0 Å². The van der Waals surface area contributed by atoms with E-state index in [2.05, 4.69) is 23.9 Å². The van der Waals surface area contributed by atoms with Crippen LogP contribution in [0.3, 0.4) is 0 Å². The van der Waals surface area contributed by atoms with Gasteiger partial charge in [0, 0.05) is 12.6 Å². The Hall–Kier alpha value is 0.170. The Morgan fingerprint density at radius 3 is 2.23 bits per heavy atom. The third kappa shape index (κ3) is 4.27. The number of halogens is 1. The molecule has 3 nitrogen and oxygen atoms in total. The van der Waals surface area contributed by atoms with Crippen LogP contribution in [0, 0.1) is 0 Å². The molecule has 0 unspecified atom stereocenters. The molecule has 13 heavy (non-hydrogen) atoms. The van der Waals surface area contributed by atoms with E-state index in [0.29, 0.717) is 6.61 Å². The predicted molar refractivity (Wildman–Crippen MR) is 57.5 cm³/mol. The fourth-order valence-electron chi connectivity index (χ4n) is 1.80. The molecular formula is C9H21ClN2O. The zero-order valence-electron chi connectivity index (χ0n) is 8.57. The fourth-order valence-corrected chi connectivity index (χ4v) is 1.80. The Balaban J connectivity index is 0.00000144. The number of rotatable bonds is 3. The Labute approximate surface area is 87.1 Å². The van der Waals surface area contributed by atoms with E-state index in [1.165, 1.54) is 12.8 Å². The lowest BCUT2D eigenvalue weighted by molar-refractivity contribution is 0.124. The van der Waals surface area contributed by atoms with Gasteiger partial charge in [-0.3, -0.25) is 0 Å². The van der Waals surface area contributed by atoms with E-state index >= 15 is 0 Å². The molecule has 1 N–H and O–H groups in total. The van der Waals surface area contributed by atoms with Crippen molar-refractivity contribution in [3.05, 3.63) is 0 Å². The first-order valence-corrected chi connectivity index (χ1v) is 4.73. The van der Waals surface area contributed by atoms with Crippen molar-refractivity contribution in [2.45, 2.75) is 18.9 Å². The van der Waals surface area contributed by atoms with E-state index in [1.807, 2.05) is 0 Å². The third-order valence-corrected chi connectivity index (χ3v) is 2.70. The van der Waals surface area contributed by atoms with Crippen molar-refractivity contribution < 1.29 is 5.11 Å². The Kier molecular flexibility index (Phi) is 6.68. The zero-order valence-corrected chi connectivity index (χ0v) is 9.39. The number of likely N-dealkylation sites (tertiary alicyclic amines) is 1. The van der Waals surface area contributed by atoms with E-state index in [9.17, 15) is 0 Å². The third-order valence-electron chi connectivity index (χ3n) is 2.70. The molecule has 0 bridgehead atoms. The highest BCUT2D eigenvalue weighted by Gasteiger charge is 2.19. The van der Waals surface area contributed by atoms with Gasteiger partial charge in [-0.05, 0) is 40.0 Å². The number of β-amino-alcohol motifs (C(OH)–C–C–N with tert-alkyl or cyclic N) is 1. The van der Waals surface area contributed by atoms with Gasteiger partial charge < -0.3 is 14.9 Å². The molecule has 0 aromatic rings. The first kappa shape index (κ1) is 13.2. The Morgan fingerprint density at radius 2 is 1.85 bits per heavy atom. The zero-order chi connectivity index (χ0) is 8.97. The first-order valence-electron chi connectivity index (χ1n) is 4.73. The molecule has 1 aliphatic rings. The highest BCUT2D eigenvalue weighted by atomic mass is 35.5. The fraction of sp³-hybridized carbons (Fsp3) is 1.00. The number of nitrogens with zero attached hydrogens (tertiary/aromatic N) is 2. The molecule has 4 heteroatoms. The summed E-state index contributed by atoms with van der Waals surface area (Å²) in [5, 5.41) is 8.74. The van der Waals surface area contributed by atoms with Crippen molar-refractivity contribution in [1.82, 2.24) is 9.80 Å². The Morgan fingerprint density at radius 1 is 1.31 bits per heavy atom. The average molecular weight is 209 g/mol.